The predicted molar refractivity (Wildman–Crippen MR) is 171 cm³/mol. The number of rotatable bonds is 9. The van der Waals surface area contributed by atoms with Gasteiger partial charge < -0.3 is 16.0 Å². The fourth-order valence-corrected chi connectivity index (χ4v) is 7.89. The lowest BCUT2D eigenvalue weighted by atomic mass is 9.76. The van der Waals surface area contributed by atoms with Crippen LogP contribution in [0.2, 0.25) is 0 Å². The standard InChI is InChI=1S/C36H57N3O3/c1-34(2,28-16-10-7-11-17-28)37-31(40)25-22-26(32(41)38-35(3,4)29-18-12-8-13-19-29)24-27(23-25)33(42)39-36(5,6)30-20-14-9-15-21-30/h22-24,28-30H,7-21H2,1-6H3,(H,37,40)(H,38,41)(H,39,42). The highest BCUT2D eigenvalue weighted by atomic mass is 16.2. The summed E-state index contributed by atoms with van der Waals surface area (Å²) in [6, 6.07) is 5.00. The molecule has 4 rings (SSSR count). The van der Waals surface area contributed by atoms with Gasteiger partial charge in [0.05, 0.1) is 0 Å². The Hall–Kier alpha value is -2.37. The Morgan fingerprint density at radius 2 is 0.667 bits per heavy atom. The first-order valence-corrected chi connectivity index (χ1v) is 16.9. The van der Waals surface area contributed by atoms with Gasteiger partial charge in [0.1, 0.15) is 0 Å². The van der Waals surface area contributed by atoms with E-state index in [-0.39, 0.29) is 34.3 Å². The third kappa shape index (κ3) is 8.17. The summed E-state index contributed by atoms with van der Waals surface area (Å²) in [6.07, 6.45) is 17.6. The van der Waals surface area contributed by atoms with Crippen LogP contribution in [0.4, 0.5) is 0 Å². The van der Waals surface area contributed by atoms with Gasteiger partial charge in [-0.05, 0) is 116 Å². The van der Waals surface area contributed by atoms with Gasteiger partial charge in [0, 0.05) is 33.3 Å². The quantitative estimate of drug-likeness (QED) is 0.277. The molecule has 0 saturated heterocycles. The maximum Gasteiger partial charge on any atom is 0.251 e. The van der Waals surface area contributed by atoms with Gasteiger partial charge in [0.15, 0.2) is 0 Å². The van der Waals surface area contributed by atoms with Crippen molar-refractivity contribution in [3.8, 4) is 0 Å². The van der Waals surface area contributed by atoms with Gasteiger partial charge in [0.2, 0.25) is 0 Å². The van der Waals surface area contributed by atoms with Crippen molar-refractivity contribution >= 4 is 17.7 Å². The van der Waals surface area contributed by atoms with E-state index in [1.54, 1.807) is 18.2 Å². The van der Waals surface area contributed by atoms with Crippen molar-refractivity contribution in [2.75, 3.05) is 0 Å². The van der Waals surface area contributed by atoms with Crippen LogP contribution < -0.4 is 16.0 Å². The SMILES string of the molecule is CC(C)(NC(=O)c1cc(C(=O)NC(C)(C)C2CCCCC2)cc(C(=O)NC(C)(C)C2CCCCC2)c1)C1CCCCC1. The molecule has 234 valence electrons. The highest BCUT2D eigenvalue weighted by molar-refractivity contribution is 6.05. The second kappa shape index (κ2) is 13.5. The smallest absolute Gasteiger partial charge is 0.251 e. The minimum absolute atomic E-state index is 0.229. The van der Waals surface area contributed by atoms with Gasteiger partial charge in [-0.1, -0.05) is 57.8 Å². The molecule has 3 aliphatic rings. The first-order chi connectivity index (χ1) is 19.8. The fourth-order valence-electron chi connectivity index (χ4n) is 7.89. The van der Waals surface area contributed by atoms with Gasteiger partial charge >= 0.3 is 0 Å². The van der Waals surface area contributed by atoms with Crippen molar-refractivity contribution in [2.24, 2.45) is 17.8 Å². The van der Waals surface area contributed by atoms with Crippen molar-refractivity contribution in [3.05, 3.63) is 34.9 Å². The molecule has 3 aliphatic carbocycles. The molecule has 0 spiro atoms. The summed E-state index contributed by atoms with van der Waals surface area (Å²) < 4.78 is 0. The maximum absolute atomic E-state index is 13.7. The Morgan fingerprint density at radius 3 is 0.881 bits per heavy atom. The van der Waals surface area contributed by atoms with Gasteiger partial charge in [-0.3, -0.25) is 14.4 Å². The lowest BCUT2D eigenvalue weighted by Crippen LogP contribution is -2.51. The molecule has 1 aromatic rings. The Balaban J connectivity index is 1.60. The molecule has 0 unspecified atom stereocenters. The number of nitrogens with one attached hydrogen (secondary N) is 3. The Morgan fingerprint density at radius 1 is 0.452 bits per heavy atom. The molecule has 0 heterocycles. The summed E-state index contributed by atoms with van der Waals surface area (Å²) in [5.74, 6) is 0.554. The topological polar surface area (TPSA) is 87.3 Å². The monoisotopic (exact) mass is 579 g/mol. The molecule has 0 bridgehead atoms. The summed E-state index contributed by atoms with van der Waals surface area (Å²) >= 11 is 0. The third-order valence-corrected chi connectivity index (χ3v) is 10.9. The van der Waals surface area contributed by atoms with E-state index in [0.717, 1.165) is 38.5 Å². The molecule has 3 N–H and O–H groups in total. The highest BCUT2D eigenvalue weighted by Gasteiger charge is 2.36. The maximum atomic E-state index is 13.7. The molecule has 0 atom stereocenters. The van der Waals surface area contributed by atoms with E-state index < -0.39 is 0 Å². The molecular formula is C36H57N3O3. The van der Waals surface area contributed by atoms with E-state index in [2.05, 4.69) is 57.5 Å². The molecule has 0 aliphatic heterocycles. The van der Waals surface area contributed by atoms with Crippen molar-refractivity contribution in [3.63, 3.8) is 0 Å². The van der Waals surface area contributed by atoms with Crippen molar-refractivity contribution in [1.82, 2.24) is 16.0 Å². The molecular weight excluding hydrogens is 522 g/mol. The zero-order chi connectivity index (χ0) is 30.5. The van der Waals surface area contributed by atoms with Crippen LogP contribution in [0.5, 0.6) is 0 Å². The fraction of sp³-hybridized carbons (Fsp3) is 0.750. The lowest BCUT2D eigenvalue weighted by Gasteiger charge is -2.38. The molecule has 0 aromatic heterocycles. The van der Waals surface area contributed by atoms with Gasteiger partial charge in [0.25, 0.3) is 17.7 Å². The Bertz CT molecular complexity index is 954. The molecule has 42 heavy (non-hydrogen) atoms. The number of carbonyl (C=O) groups is 3. The molecule has 0 radical (unpaired) electrons. The van der Waals surface area contributed by atoms with Crippen molar-refractivity contribution < 1.29 is 14.4 Å². The van der Waals surface area contributed by atoms with Crippen LogP contribution in [0.3, 0.4) is 0 Å². The summed E-state index contributed by atoms with van der Waals surface area (Å²) in [5.41, 5.74) is -0.0221. The zero-order valence-electron chi connectivity index (χ0n) is 27.3. The average molecular weight is 580 g/mol. The van der Waals surface area contributed by atoms with Crippen LogP contribution in [0.1, 0.15) is 169 Å². The number of amides is 3. The van der Waals surface area contributed by atoms with Gasteiger partial charge in [-0.2, -0.15) is 0 Å². The van der Waals surface area contributed by atoms with E-state index >= 15 is 0 Å². The zero-order valence-corrected chi connectivity index (χ0v) is 27.3. The molecule has 3 saturated carbocycles. The third-order valence-electron chi connectivity index (χ3n) is 10.9. The molecule has 6 nitrogen and oxygen atoms in total. The minimum Gasteiger partial charge on any atom is -0.347 e. The van der Waals surface area contributed by atoms with E-state index in [4.69, 9.17) is 0 Å². The van der Waals surface area contributed by atoms with Crippen molar-refractivity contribution in [2.45, 2.75) is 154 Å². The van der Waals surface area contributed by atoms with Crippen LogP contribution in [-0.2, 0) is 0 Å². The second-order valence-corrected chi connectivity index (χ2v) is 15.3. The first kappa shape index (κ1) is 32.5. The molecule has 1 aromatic carbocycles. The summed E-state index contributed by atoms with van der Waals surface area (Å²) in [4.78, 5) is 41.2. The van der Waals surface area contributed by atoms with Crippen LogP contribution in [-0.4, -0.2) is 34.3 Å². The molecule has 3 fully saturated rings. The van der Waals surface area contributed by atoms with E-state index in [0.29, 0.717) is 34.4 Å². The summed E-state index contributed by atoms with van der Waals surface area (Å²) in [6.45, 7) is 12.6. The number of benzene rings is 1. The average Bonchev–Trinajstić information content (AvgIpc) is 2.97. The minimum atomic E-state index is -0.371. The van der Waals surface area contributed by atoms with Crippen LogP contribution in [0.15, 0.2) is 18.2 Å². The van der Waals surface area contributed by atoms with Crippen LogP contribution >= 0.6 is 0 Å². The normalized spacial score (nSPS) is 20.1. The summed E-state index contributed by atoms with van der Waals surface area (Å²) in [7, 11) is 0. The van der Waals surface area contributed by atoms with Crippen LogP contribution in [0.25, 0.3) is 0 Å². The Labute approximate surface area is 254 Å². The van der Waals surface area contributed by atoms with E-state index in [1.165, 1.54) is 57.8 Å². The summed E-state index contributed by atoms with van der Waals surface area (Å²) in [5, 5.41) is 9.82. The lowest BCUT2D eigenvalue weighted by molar-refractivity contribution is 0.0857. The first-order valence-electron chi connectivity index (χ1n) is 16.9. The van der Waals surface area contributed by atoms with Crippen LogP contribution in [0, 0.1) is 17.8 Å². The second-order valence-electron chi connectivity index (χ2n) is 15.3. The largest absolute Gasteiger partial charge is 0.347 e. The number of carbonyl (C=O) groups excluding carboxylic acids is 3. The highest BCUT2D eigenvalue weighted by Crippen LogP contribution is 2.35. The van der Waals surface area contributed by atoms with Gasteiger partial charge in [-0.15, -0.1) is 0 Å². The predicted octanol–water partition coefficient (Wildman–Crippen LogP) is 7.95. The van der Waals surface area contributed by atoms with Crippen molar-refractivity contribution in [1.29, 1.82) is 0 Å². The van der Waals surface area contributed by atoms with E-state index in [9.17, 15) is 14.4 Å². The van der Waals surface area contributed by atoms with E-state index in [1.807, 2.05) is 0 Å². The molecule has 6 heteroatoms. The number of hydrogen-bond acceptors (Lipinski definition) is 3. The Kier molecular flexibility index (Phi) is 10.5. The van der Waals surface area contributed by atoms with Gasteiger partial charge in [-0.25, -0.2) is 0 Å². The number of hydrogen-bond donors (Lipinski definition) is 3. The molecule has 3 amide bonds.